The monoisotopic (exact) mass is 376 g/mol. The Morgan fingerprint density at radius 2 is 1.82 bits per heavy atom. The maximum Gasteiger partial charge on any atom is 0.274 e. The molecule has 0 bridgehead atoms. The van der Waals surface area contributed by atoms with E-state index in [-0.39, 0.29) is 18.4 Å². The maximum absolute atomic E-state index is 12.7. The maximum atomic E-state index is 12.7. The molecule has 0 fully saturated rings. The van der Waals surface area contributed by atoms with Gasteiger partial charge in [-0.2, -0.15) is 0 Å². The summed E-state index contributed by atoms with van der Waals surface area (Å²) in [6.07, 6.45) is 0. The van der Waals surface area contributed by atoms with Gasteiger partial charge in [-0.05, 0) is 56.2 Å². The summed E-state index contributed by atoms with van der Waals surface area (Å²) in [5.74, 6) is 1.41. The van der Waals surface area contributed by atoms with E-state index < -0.39 is 0 Å². The quantitative estimate of drug-likeness (QED) is 0.712. The number of nitrogens with one attached hydrogen (secondary N) is 2. The summed E-state index contributed by atoms with van der Waals surface area (Å²) in [5.41, 5.74) is 4.63. The number of aromatic nitrogens is 2. The molecule has 0 saturated carbocycles. The van der Waals surface area contributed by atoms with Crippen LogP contribution in [0.5, 0.6) is 11.5 Å². The van der Waals surface area contributed by atoms with Gasteiger partial charge in [-0.15, -0.1) is 0 Å². The Kier molecular flexibility index (Phi) is 4.57. The number of hydrogen-bond acceptors (Lipinski definition) is 6. The Morgan fingerprint density at radius 3 is 2.68 bits per heavy atom. The number of carbonyl (C=O) groups is 1. The van der Waals surface area contributed by atoms with Gasteiger partial charge in [0.25, 0.3) is 5.91 Å². The van der Waals surface area contributed by atoms with Gasteiger partial charge >= 0.3 is 0 Å². The second-order valence-corrected chi connectivity index (χ2v) is 6.61. The highest BCUT2D eigenvalue weighted by molar-refractivity contribution is 6.03. The molecule has 0 spiro atoms. The van der Waals surface area contributed by atoms with Crippen molar-refractivity contribution < 1.29 is 14.3 Å². The Balaban J connectivity index is 1.56. The van der Waals surface area contributed by atoms with Crippen molar-refractivity contribution in [1.29, 1.82) is 0 Å². The van der Waals surface area contributed by atoms with Gasteiger partial charge in [0.15, 0.2) is 11.5 Å². The number of ether oxygens (including phenoxy) is 2. The summed E-state index contributed by atoms with van der Waals surface area (Å²) in [6, 6.07) is 12.9. The summed E-state index contributed by atoms with van der Waals surface area (Å²) in [7, 11) is 0. The van der Waals surface area contributed by atoms with E-state index >= 15 is 0 Å². The van der Waals surface area contributed by atoms with Gasteiger partial charge in [0.1, 0.15) is 5.69 Å². The minimum absolute atomic E-state index is 0.211. The molecule has 2 heterocycles. The Morgan fingerprint density at radius 1 is 1.00 bits per heavy atom. The summed E-state index contributed by atoms with van der Waals surface area (Å²) < 4.78 is 10.7. The Hall–Kier alpha value is -3.61. The average Bonchev–Trinajstić information content (AvgIpc) is 3.13. The molecule has 1 aromatic heterocycles. The largest absolute Gasteiger partial charge is 0.454 e. The lowest BCUT2D eigenvalue weighted by atomic mass is 10.1. The first-order valence-electron chi connectivity index (χ1n) is 8.89. The molecular weight excluding hydrogens is 356 g/mol. The van der Waals surface area contributed by atoms with Crippen molar-refractivity contribution in [2.24, 2.45) is 0 Å². The van der Waals surface area contributed by atoms with E-state index in [1.807, 2.05) is 57.2 Å². The fraction of sp³-hybridized carbons (Fsp3) is 0.190. The Bertz CT molecular complexity index is 1070. The summed E-state index contributed by atoms with van der Waals surface area (Å²) in [5, 5.41) is 6.04. The van der Waals surface area contributed by atoms with E-state index in [0.29, 0.717) is 23.1 Å². The van der Waals surface area contributed by atoms with Crippen molar-refractivity contribution in [3.63, 3.8) is 0 Å². The fourth-order valence-electron chi connectivity index (χ4n) is 2.92. The minimum atomic E-state index is -0.284. The van der Waals surface area contributed by atoms with Crippen molar-refractivity contribution in [3.05, 3.63) is 65.0 Å². The van der Waals surface area contributed by atoms with Crippen molar-refractivity contribution >= 4 is 23.2 Å². The lowest BCUT2D eigenvalue weighted by molar-refractivity contribution is 0.102. The molecule has 3 aromatic rings. The molecule has 7 nitrogen and oxygen atoms in total. The molecule has 28 heavy (non-hydrogen) atoms. The molecule has 0 aliphatic carbocycles. The summed E-state index contributed by atoms with van der Waals surface area (Å²) in [6.45, 7) is 6.01. The van der Waals surface area contributed by atoms with Gasteiger partial charge in [-0.25, -0.2) is 9.97 Å². The Labute approximate surface area is 162 Å². The van der Waals surface area contributed by atoms with E-state index in [9.17, 15) is 4.79 Å². The zero-order chi connectivity index (χ0) is 19.7. The van der Waals surface area contributed by atoms with Crippen molar-refractivity contribution in [2.45, 2.75) is 20.8 Å². The second kappa shape index (κ2) is 7.19. The van der Waals surface area contributed by atoms with Crippen LogP contribution in [0.4, 0.5) is 17.3 Å². The third-order valence-electron chi connectivity index (χ3n) is 4.57. The van der Waals surface area contributed by atoms with Gasteiger partial charge in [0.05, 0.1) is 0 Å². The third kappa shape index (κ3) is 3.59. The van der Waals surface area contributed by atoms with Crippen LogP contribution >= 0.6 is 0 Å². The highest BCUT2D eigenvalue weighted by atomic mass is 16.7. The van der Waals surface area contributed by atoms with Crippen LogP contribution in [0.3, 0.4) is 0 Å². The molecule has 0 unspecified atom stereocenters. The zero-order valence-electron chi connectivity index (χ0n) is 15.9. The molecule has 0 saturated heterocycles. The first-order valence-corrected chi connectivity index (χ1v) is 8.89. The minimum Gasteiger partial charge on any atom is -0.454 e. The number of nitrogens with zero attached hydrogens (tertiary/aromatic N) is 2. The highest BCUT2D eigenvalue weighted by Gasteiger charge is 2.15. The van der Waals surface area contributed by atoms with Crippen LogP contribution in [0.15, 0.2) is 42.5 Å². The summed E-state index contributed by atoms with van der Waals surface area (Å²) >= 11 is 0. The van der Waals surface area contributed by atoms with Gasteiger partial charge < -0.3 is 20.1 Å². The number of carbonyl (C=O) groups excluding carboxylic acids is 1. The number of fused-ring (bicyclic) bond motifs is 1. The molecule has 142 valence electrons. The van der Waals surface area contributed by atoms with Crippen molar-refractivity contribution in [1.82, 2.24) is 9.97 Å². The van der Waals surface area contributed by atoms with E-state index in [1.165, 1.54) is 0 Å². The topological polar surface area (TPSA) is 85.4 Å². The predicted octanol–water partition coefficient (Wildman–Crippen LogP) is 4.13. The molecule has 0 atom stereocenters. The predicted molar refractivity (Wildman–Crippen MR) is 106 cm³/mol. The molecule has 2 N–H and O–H groups in total. The zero-order valence-corrected chi connectivity index (χ0v) is 15.9. The van der Waals surface area contributed by atoms with Crippen molar-refractivity contribution in [2.75, 3.05) is 17.4 Å². The van der Waals surface area contributed by atoms with E-state index in [2.05, 4.69) is 20.6 Å². The smallest absolute Gasteiger partial charge is 0.274 e. The number of hydrogen-bond donors (Lipinski definition) is 2. The second-order valence-electron chi connectivity index (χ2n) is 6.61. The average molecular weight is 376 g/mol. The molecule has 7 heteroatoms. The van der Waals surface area contributed by atoms with E-state index in [1.54, 1.807) is 6.07 Å². The van der Waals surface area contributed by atoms with Gasteiger partial charge in [-0.1, -0.05) is 12.1 Å². The van der Waals surface area contributed by atoms with Gasteiger partial charge in [0.2, 0.25) is 12.7 Å². The normalized spacial score (nSPS) is 12.0. The number of amides is 1. The molecule has 1 aliphatic heterocycles. The van der Waals surface area contributed by atoms with Crippen molar-refractivity contribution in [3.8, 4) is 11.5 Å². The number of aryl methyl sites for hydroxylation is 2. The van der Waals surface area contributed by atoms with E-state index in [4.69, 9.17) is 9.47 Å². The van der Waals surface area contributed by atoms with Crippen LogP contribution < -0.4 is 20.1 Å². The van der Waals surface area contributed by atoms with Crippen LogP contribution in [0, 0.1) is 20.8 Å². The molecule has 1 amide bonds. The summed E-state index contributed by atoms with van der Waals surface area (Å²) in [4.78, 5) is 21.5. The molecule has 0 radical (unpaired) electrons. The van der Waals surface area contributed by atoms with E-state index in [0.717, 1.165) is 22.5 Å². The van der Waals surface area contributed by atoms with Crippen LogP contribution in [-0.2, 0) is 0 Å². The van der Waals surface area contributed by atoms with Gasteiger partial charge in [-0.3, -0.25) is 4.79 Å². The van der Waals surface area contributed by atoms with Crippen LogP contribution in [0.25, 0.3) is 0 Å². The van der Waals surface area contributed by atoms with Crippen LogP contribution in [0.2, 0.25) is 0 Å². The number of rotatable bonds is 4. The number of anilines is 3. The van der Waals surface area contributed by atoms with Crippen LogP contribution in [-0.4, -0.2) is 22.7 Å². The molecular formula is C21H20N4O3. The molecule has 1 aliphatic rings. The SMILES string of the molecule is Cc1cc(C(=O)Nc2cccc(C)c2C)nc(Nc2ccc3c(c2)OCO3)n1. The lowest BCUT2D eigenvalue weighted by Crippen LogP contribution is -2.16. The number of benzene rings is 2. The van der Waals surface area contributed by atoms with Gasteiger partial charge in [0, 0.05) is 23.1 Å². The highest BCUT2D eigenvalue weighted by Crippen LogP contribution is 2.34. The molecule has 4 rings (SSSR count). The molecule has 2 aromatic carbocycles. The standard InChI is InChI=1S/C21H20N4O3/c1-12-5-4-6-16(14(12)3)24-20(26)17-9-13(2)22-21(25-17)23-15-7-8-18-19(10-15)28-11-27-18/h4-10H,11H2,1-3H3,(H,24,26)(H,22,23,25). The third-order valence-corrected chi connectivity index (χ3v) is 4.57. The van der Waals surface area contributed by atoms with Crippen LogP contribution in [0.1, 0.15) is 27.3 Å². The first-order chi connectivity index (χ1) is 13.5. The fourth-order valence-corrected chi connectivity index (χ4v) is 2.92. The first kappa shape index (κ1) is 17.8. The lowest BCUT2D eigenvalue weighted by Gasteiger charge is -2.11.